The minimum absolute atomic E-state index is 0.120. The summed E-state index contributed by atoms with van der Waals surface area (Å²) in [6, 6.07) is 8.31. The fourth-order valence-corrected chi connectivity index (χ4v) is 4.86. The first-order valence-electron chi connectivity index (χ1n) is 8.53. The molecule has 23 heavy (non-hydrogen) atoms. The number of carbonyl (C=O) groups is 1. The summed E-state index contributed by atoms with van der Waals surface area (Å²) in [6.07, 6.45) is 5.93. The molecule has 1 aromatic carbocycles. The number of halogens is 1. The average Bonchev–Trinajstić information content (AvgIpc) is 3.08. The molecule has 1 saturated carbocycles. The zero-order valence-corrected chi connectivity index (χ0v) is 16.1. The van der Waals surface area contributed by atoms with Crippen molar-refractivity contribution < 1.29 is 4.79 Å². The molecule has 0 bridgehead atoms. The SMILES string of the molecule is CN(C(=O)c1ccc(Br)cc1)C1CCCC(S)C1N1CCCC1. The first kappa shape index (κ1) is 17.3. The second-order valence-electron chi connectivity index (χ2n) is 6.72. The van der Waals surface area contributed by atoms with Gasteiger partial charge >= 0.3 is 0 Å². The summed E-state index contributed by atoms with van der Waals surface area (Å²) in [6.45, 7) is 2.30. The summed E-state index contributed by atoms with van der Waals surface area (Å²) in [5.41, 5.74) is 0.761. The standard InChI is InChI=1S/C18H25BrN2OS/c1-20(18(22)13-7-9-14(19)10-8-13)15-5-4-6-16(23)17(15)21-11-2-3-12-21/h7-10,15-17,23H,2-6,11-12H2,1H3. The van der Waals surface area contributed by atoms with E-state index in [-0.39, 0.29) is 11.9 Å². The van der Waals surface area contributed by atoms with Crippen LogP contribution in [0.3, 0.4) is 0 Å². The number of thiol groups is 1. The van der Waals surface area contributed by atoms with Gasteiger partial charge in [-0.25, -0.2) is 0 Å². The van der Waals surface area contributed by atoms with Crippen LogP contribution < -0.4 is 0 Å². The molecule has 0 aromatic heterocycles. The second kappa shape index (κ2) is 7.58. The largest absolute Gasteiger partial charge is 0.337 e. The highest BCUT2D eigenvalue weighted by Crippen LogP contribution is 2.32. The van der Waals surface area contributed by atoms with Gasteiger partial charge in [-0.2, -0.15) is 12.6 Å². The van der Waals surface area contributed by atoms with Gasteiger partial charge in [-0.05, 0) is 63.0 Å². The Labute approximate surface area is 153 Å². The van der Waals surface area contributed by atoms with Crippen molar-refractivity contribution in [2.75, 3.05) is 20.1 Å². The van der Waals surface area contributed by atoms with Crippen molar-refractivity contribution >= 4 is 34.5 Å². The number of likely N-dealkylation sites (N-methyl/N-ethyl adjacent to an activating group) is 1. The van der Waals surface area contributed by atoms with Crippen molar-refractivity contribution in [2.24, 2.45) is 0 Å². The van der Waals surface area contributed by atoms with E-state index >= 15 is 0 Å². The van der Waals surface area contributed by atoms with Gasteiger partial charge in [0.15, 0.2) is 0 Å². The van der Waals surface area contributed by atoms with Crippen molar-refractivity contribution in [3.63, 3.8) is 0 Å². The Kier molecular flexibility index (Phi) is 5.70. The van der Waals surface area contributed by atoms with Crippen LogP contribution in [0.2, 0.25) is 0 Å². The summed E-state index contributed by atoms with van der Waals surface area (Å²) in [5, 5.41) is 0.368. The predicted molar refractivity (Wildman–Crippen MR) is 101 cm³/mol. The summed E-state index contributed by atoms with van der Waals surface area (Å²) in [4.78, 5) is 17.4. The van der Waals surface area contributed by atoms with E-state index in [0.717, 1.165) is 42.4 Å². The third-order valence-electron chi connectivity index (χ3n) is 5.26. The Hall–Kier alpha value is -0.520. The van der Waals surface area contributed by atoms with Crippen LogP contribution in [-0.2, 0) is 0 Å². The van der Waals surface area contributed by atoms with E-state index in [1.165, 1.54) is 12.8 Å². The molecule has 3 rings (SSSR count). The van der Waals surface area contributed by atoms with Gasteiger partial charge in [0.25, 0.3) is 5.91 Å². The minimum Gasteiger partial charge on any atom is -0.337 e. The van der Waals surface area contributed by atoms with Crippen LogP contribution in [0.1, 0.15) is 42.5 Å². The molecule has 1 aliphatic carbocycles. The third kappa shape index (κ3) is 3.77. The van der Waals surface area contributed by atoms with Crippen LogP contribution in [0.5, 0.6) is 0 Å². The molecule has 1 aromatic rings. The predicted octanol–water partition coefficient (Wildman–Crippen LogP) is 3.84. The molecular formula is C18H25BrN2OS. The smallest absolute Gasteiger partial charge is 0.253 e. The Morgan fingerprint density at radius 3 is 2.48 bits per heavy atom. The normalized spacial score (nSPS) is 28.7. The van der Waals surface area contributed by atoms with Gasteiger partial charge in [-0.1, -0.05) is 22.4 Å². The lowest BCUT2D eigenvalue weighted by Crippen LogP contribution is -2.57. The zero-order chi connectivity index (χ0) is 16.4. The van der Waals surface area contributed by atoms with Crippen LogP contribution in [0.25, 0.3) is 0 Å². The Bertz CT molecular complexity index is 544. The van der Waals surface area contributed by atoms with Crippen molar-refractivity contribution in [1.82, 2.24) is 9.80 Å². The zero-order valence-electron chi connectivity index (χ0n) is 13.6. The number of benzene rings is 1. The molecule has 1 saturated heterocycles. The van der Waals surface area contributed by atoms with Gasteiger partial charge in [0.05, 0.1) is 0 Å². The summed E-state index contributed by atoms with van der Waals surface area (Å²) in [5.74, 6) is 0.120. The molecule has 1 aliphatic heterocycles. The highest BCUT2D eigenvalue weighted by Gasteiger charge is 2.40. The van der Waals surface area contributed by atoms with Gasteiger partial charge in [-0.15, -0.1) is 0 Å². The highest BCUT2D eigenvalue weighted by molar-refractivity contribution is 9.10. The topological polar surface area (TPSA) is 23.6 Å². The van der Waals surface area contributed by atoms with Gasteiger partial charge < -0.3 is 4.90 Å². The van der Waals surface area contributed by atoms with E-state index in [9.17, 15) is 4.79 Å². The molecular weight excluding hydrogens is 372 g/mol. The number of hydrogen-bond acceptors (Lipinski definition) is 3. The number of rotatable bonds is 3. The Morgan fingerprint density at radius 2 is 1.83 bits per heavy atom. The average molecular weight is 397 g/mol. The quantitative estimate of drug-likeness (QED) is 0.784. The number of hydrogen-bond donors (Lipinski definition) is 1. The molecule has 0 N–H and O–H groups in total. The van der Waals surface area contributed by atoms with E-state index in [4.69, 9.17) is 12.6 Å². The van der Waals surface area contributed by atoms with Gasteiger partial charge in [0.2, 0.25) is 0 Å². The van der Waals surface area contributed by atoms with E-state index in [0.29, 0.717) is 11.3 Å². The maximum Gasteiger partial charge on any atom is 0.253 e. The lowest BCUT2D eigenvalue weighted by Gasteiger charge is -2.45. The fraction of sp³-hybridized carbons (Fsp3) is 0.611. The minimum atomic E-state index is 0.120. The summed E-state index contributed by atoms with van der Waals surface area (Å²) < 4.78 is 1.000. The molecule has 126 valence electrons. The maximum absolute atomic E-state index is 12.9. The van der Waals surface area contributed by atoms with Crippen molar-refractivity contribution in [1.29, 1.82) is 0 Å². The van der Waals surface area contributed by atoms with E-state index < -0.39 is 0 Å². The fourth-order valence-electron chi connectivity index (χ4n) is 4.03. The summed E-state index contributed by atoms with van der Waals surface area (Å²) in [7, 11) is 1.96. The Balaban J connectivity index is 1.78. The Morgan fingerprint density at radius 1 is 1.17 bits per heavy atom. The van der Waals surface area contributed by atoms with Gasteiger partial charge in [0.1, 0.15) is 0 Å². The molecule has 5 heteroatoms. The number of amides is 1. The molecule has 0 radical (unpaired) electrons. The maximum atomic E-state index is 12.9. The van der Waals surface area contributed by atoms with Crippen LogP contribution in [0, 0.1) is 0 Å². The molecule has 1 heterocycles. The molecule has 2 aliphatic rings. The van der Waals surface area contributed by atoms with Crippen LogP contribution in [-0.4, -0.2) is 53.2 Å². The van der Waals surface area contributed by atoms with Crippen LogP contribution >= 0.6 is 28.6 Å². The first-order valence-corrected chi connectivity index (χ1v) is 9.83. The summed E-state index contributed by atoms with van der Waals surface area (Å²) >= 11 is 8.30. The highest BCUT2D eigenvalue weighted by atomic mass is 79.9. The third-order valence-corrected chi connectivity index (χ3v) is 6.35. The van der Waals surface area contributed by atoms with Crippen molar-refractivity contribution in [3.8, 4) is 0 Å². The molecule has 3 atom stereocenters. The monoisotopic (exact) mass is 396 g/mol. The molecule has 3 unspecified atom stereocenters. The van der Waals surface area contributed by atoms with E-state index in [2.05, 4.69) is 20.8 Å². The molecule has 0 spiro atoms. The van der Waals surface area contributed by atoms with Crippen LogP contribution in [0.15, 0.2) is 28.7 Å². The molecule has 3 nitrogen and oxygen atoms in total. The second-order valence-corrected chi connectivity index (χ2v) is 8.30. The number of nitrogens with zero attached hydrogens (tertiary/aromatic N) is 2. The molecule has 2 fully saturated rings. The van der Waals surface area contributed by atoms with Gasteiger partial charge in [0, 0.05) is 34.4 Å². The van der Waals surface area contributed by atoms with Gasteiger partial charge in [-0.3, -0.25) is 9.69 Å². The van der Waals surface area contributed by atoms with Crippen molar-refractivity contribution in [2.45, 2.75) is 49.4 Å². The number of carbonyl (C=O) groups excluding carboxylic acids is 1. The lowest BCUT2D eigenvalue weighted by molar-refractivity contribution is 0.0514. The number of likely N-dealkylation sites (tertiary alicyclic amines) is 1. The van der Waals surface area contributed by atoms with Crippen LogP contribution in [0.4, 0.5) is 0 Å². The van der Waals surface area contributed by atoms with E-state index in [1.54, 1.807) is 0 Å². The lowest BCUT2D eigenvalue weighted by atomic mass is 9.87. The van der Waals surface area contributed by atoms with E-state index in [1.807, 2.05) is 36.2 Å². The molecule has 1 amide bonds. The first-order chi connectivity index (χ1) is 11.1. The van der Waals surface area contributed by atoms with Crippen molar-refractivity contribution in [3.05, 3.63) is 34.3 Å².